The van der Waals surface area contributed by atoms with Gasteiger partial charge in [-0.1, -0.05) is 26.0 Å². The number of hydrogen-bond acceptors (Lipinski definition) is 2. The molecule has 0 aromatic heterocycles. The number of benzene rings is 1. The molecule has 0 spiro atoms. The summed E-state index contributed by atoms with van der Waals surface area (Å²) in [4.78, 5) is 0. The van der Waals surface area contributed by atoms with Crippen LogP contribution in [0.2, 0.25) is 0 Å². The standard InChI is InChI=1S/C14H22OS/c1-11(2)13-8-7-12(6-4-5-9-16)14(10-13)15-3/h7-8,10-11,16H,4-6,9H2,1-3H3. The van der Waals surface area contributed by atoms with Gasteiger partial charge in [0.1, 0.15) is 5.75 Å². The minimum Gasteiger partial charge on any atom is -0.496 e. The summed E-state index contributed by atoms with van der Waals surface area (Å²) >= 11 is 4.23. The van der Waals surface area contributed by atoms with Gasteiger partial charge >= 0.3 is 0 Å². The molecule has 0 heterocycles. The van der Waals surface area contributed by atoms with Crippen LogP contribution in [0.1, 0.15) is 43.7 Å². The van der Waals surface area contributed by atoms with E-state index in [2.05, 4.69) is 44.7 Å². The molecule has 0 N–H and O–H groups in total. The Balaban J connectivity index is 2.76. The van der Waals surface area contributed by atoms with Gasteiger partial charge < -0.3 is 4.74 Å². The molecule has 2 heteroatoms. The van der Waals surface area contributed by atoms with Gasteiger partial charge in [-0.15, -0.1) is 0 Å². The molecule has 0 radical (unpaired) electrons. The summed E-state index contributed by atoms with van der Waals surface area (Å²) in [5.74, 6) is 2.55. The highest BCUT2D eigenvalue weighted by Gasteiger charge is 2.06. The Morgan fingerprint density at radius 1 is 1.25 bits per heavy atom. The summed E-state index contributed by atoms with van der Waals surface area (Å²) < 4.78 is 5.45. The van der Waals surface area contributed by atoms with Crippen molar-refractivity contribution >= 4 is 12.6 Å². The molecule has 1 rings (SSSR count). The highest BCUT2D eigenvalue weighted by atomic mass is 32.1. The monoisotopic (exact) mass is 238 g/mol. The Labute approximate surface area is 105 Å². The van der Waals surface area contributed by atoms with Gasteiger partial charge in [0.25, 0.3) is 0 Å². The molecule has 90 valence electrons. The molecule has 0 unspecified atom stereocenters. The average molecular weight is 238 g/mol. The van der Waals surface area contributed by atoms with Gasteiger partial charge in [0, 0.05) is 0 Å². The number of hydrogen-bond donors (Lipinski definition) is 1. The van der Waals surface area contributed by atoms with E-state index < -0.39 is 0 Å². The molecule has 0 aliphatic carbocycles. The molecule has 0 amide bonds. The van der Waals surface area contributed by atoms with Gasteiger partial charge in [-0.3, -0.25) is 0 Å². The molecule has 0 atom stereocenters. The fraction of sp³-hybridized carbons (Fsp3) is 0.571. The average Bonchev–Trinajstić information content (AvgIpc) is 2.29. The maximum Gasteiger partial charge on any atom is 0.122 e. The highest BCUT2D eigenvalue weighted by Crippen LogP contribution is 2.25. The van der Waals surface area contributed by atoms with Crippen molar-refractivity contribution in [3.63, 3.8) is 0 Å². The SMILES string of the molecule is COc1cc(C(C)C)ccc1CCCCS. The lowest BCUT2D eigenvalue weighted by Gasteiger charge is -2.12. The van der Waals surface area contributed by atoms with Crippen molar-refractivity contribution < 1.29 is 4.74 Å². The number of methoxy groups -OCH3 is 1. The first kappa shape index (κ1) is 13.4. The van der Waals surface area contributed by atoms with Gasteiger partial charge in [0.15, 0.2) is 0 Å². The Kier molecular flexibility index (Phi) is 5.75. The molecule has 0 saturated heterocycles. The van der Waals surface area contributed by atoms with Crippen LogP contribution in [0.4, 0.5) is 0 Å². The third-order valence-electron chi connectivity index (χ3n) is 2.83. The summed E-state index contributed by atoms with van der Waals surface area (Å²) in [6, 6.07) is 6.58. The molecular formula is C14H22OS. The fourth-order valence-electron chi connectivity index (χ4n) is 1.75. The zero-order valence-electron chi connectivity index (χ0n) is 10.5. The first-order valence-electron chi connectivity index (χ1n) is 5.96. The van der Waals surface area contributed by atoms with E-state index >= 15 is 0 Å². The van der Waals surface area contributed by atoms with E-state index in [4.69, 9.17) is 4.74 Å². The zero-order chi connectivity index (χ0) is 12.0. The summed E-state index contributed by atoms with van der Waals surface area (Å²) in [6.07, 6.45) is 3.43. The van der Waals surface area contributed by atoms with Crippen LogP contribution >= 0.6 is 12.6 Å². The van der Waals surface area contributed by atoms with Crippen molar-refractivity contribution in [1.29, 1.82) is 0 Å². The summed E-state index contributed by atoms with van der Waals surface area (Å²) in [7, 11) is 1.75. The summed E-state index contributed by atoms with van der Waals surface area (Å²) in [5, 5.41) is 0. The molecule has 1 nitrogen and oxygen atoms in total. The van der Waals surface area contributed by atoms with E-state index in [0.29, 0.717) is 5.92 Å². The van der Waals surface area contributed by atoms with E-state index in [-0.39, 0.29) is 0 Å². The normalized spacial score (nSPS) is 10.8. The third-order valence-corrected chi connectivity index (χ3v) is 3.15. The van der Waals surface area contributed by atoms with Gasteiger partial charge in [-0.25, -0.2) is 0 Å². The maximum atomic E-state index is 5.45. The minimum absolute atomic E-state index is 0.556. The molecule has 0 bridgehead atoms. The van der Waals surface area contributed by atoms with Crippen LogP contribution < -0.4 is 4.74 Å². The van der Waals surface area contributed by atoms with Crippen LogP contribution in [0, 0.1) is 0 Å². The van der Waals surface area contributed by atoms with Crippen molar-refractivity contribution in [3.05, 3.63) is 29.3 Å². The number of unbranched alkanes of at least 4 members (excludes halogenated alkanes) is 1. The molecule has 0 fully saturated rings. The van der Waals surface area contributed by atoms with Crippen LogP contribution in [0.3, 0.4) is 0 Å². The number of aryl methyl sites for hydroxylation is 1. The predicted molar refractivity (Wildman–Crippen MR) is 73.9 cm³/mol. The first-order chi connectivity index (χ1) is 7.69. The number of thiol groups is 1. The smallest absolute Gasteiger partial charge is 0.122 e. The second-order valence-corrected chi connectivity index (χ2v) is 4.85. The largest absolute Gasteiger partial charge is 0.496 e. The summed E-state index contributed by atoms with van der Waals surface area (Å²) in [5.41, 5.74) is 2.66. The first-order valence-corrected chi connectivity index (χ1v) is 6.60. The van der Waals surface area contributed by atoms with Crippen molar-refractivity contribution in [3.8, 4) is 5.75 Å². The molecule has 0 aliphatic rings. The van der Waals surface area contributed by atoms with Gasteiger partial charge in [0.05, 0.1) is 7.11 Å². The zero-order valence-corrected chi connectivity index (χ0v) is 11.4. The van der Waals surface area contributed by atoms with Gasteiger partial charge in [-0.05, 0) is 48.1 Å². The Bertz CT molecular complexity index is 321. The van der Waals surface area contributed by atoms with E-state index in [1.165, 1.54) is 17.5 Å². The maximum absolute atomic E-state index is 5.45. The van der Waals surface area contributed by atoms with Crippen molar-refractivity contribution in [2.75, 3.05) is 12.9 Å². The predicted octanol–water partition coefficient (Wildman–Crippen LogP) is 4.07. The van der Waals surface area contributed by atoms with Crippen LogP contribution in [-0.4, -0.2) is 12.9 Å². The van der Waals surface area contributed by atoms with Crippen LogP contribution in [0.25, 0.3) is 0 Å². The Hall–Kier alpha value is -0.630. The van der Waals surface area contributed by atoms with Crippen molar-refractivity contribution in [1.82, 2.24) is 0 Å². The lowest BCUT2D eigenvalue weighted by atomic mass is 9.99. The van der Waals surface area contributed by atoms with E-state index in [9.17, 15) is 0 Å². The molecule has 1 aromatic rings. The number of ether oxygens (including phenoxy) is 1. The second kappa shape index (κ2) is 6.85. The minimum atomic E-state index is 0.556. The highest BCUT2D eigenvalue weighted by molar-refractivity contribution is 7.80. The van der Waals surface area contributed by atoms with Crippen LogP contribution in [0.15, 0.2) is 18.2 Å². The lowest BCUT2D eigenvalue weighted by Crippen LogP contribution is -1.96. The molecule has 1 aromatic carbocycles. The lowest BCUT2D eigenvalue weighted by molar-refractivity contribution is 0.408. The van der Waals surface area contributed by atoms with E-state index in [0.717, 1.165) is 24.3 Å². The molecular weight excluding hydrogens is 216 g/mol. The van der Waals surface area contributed by atoms with Gasteiger partial charge in [-0.2, -0.15) is 12.6 Å². The van der Waals surface area contributed by atoms with Crippen LogP contribution in [0.5, 0.6) is 5.75 Å². The van der Waals surface area contributed by atoms with Crippen molar-refractivity contribution in [2.45, 2.75) is 39.0 Å². The molecule has 0 saturated carbocycles. The van der Waals surface area contributed by atoms with Crippen molar-refractivity contribution in [2.24, 2.45) is 0 Å². The third kappa shape index (κ3) is 3.75. The Morgan fingerprint density at radius 3 is 2.56 bits per heavy atom. The van der Waals surface area contributed by atoms with E-state index in [1.807, 2.05) is 0 Å². The number of rotatable bonds is 6. The van der Waals surface area contributed by atoms with E-state index in [1.54, 1.807) is 7.11 Å². The van der Waals surface area contributed by atoms with Gasteiger partial charge in [0.2, 0.25) is 0 Å². The van der Waals surface area contributed by atoms with Crippen LogP contribution in [-0.2, 0) is 6.42 Å². The molecule has 16 heavy (non-hydrogen) atoms. The summed E-state index contributed by atoms with van der Waals surface area (Å²) in [6.45, 7) is 4.41. The topological polar surface area (TPSA) is 9.23 Å². The quantitative estimate of drug-likeness (QED) is 0.580. The second-order valence-electron chi connectivity index (χ2n) is 4.41. The molecule has 0 aliphatic heterocycles. The fourth-order valence-corrected chi connectivity index (χ4v) is 1.98. The Morgan fingerprint density at radius 2 is 2.00 bits per heavy atom.